The minimum absolute atomic E-state index is 0.555. The molecule has 0 aromatic carbocycles. The van der Waals surface area contributed by atoms with E-state index >= 15 is 0 Å². The van der Waals surface area contributed by atoms with Crippen molar-refractivity contribution in [2.45, 2.75) is 37.1 Å². The molecule has 1 fully saturated rings. The third-order valence-electron chi connectivity index (χ3n) is 3.22. The number of hydrogen-bond donors (Lipinski definition) is 4. The molecule has 120 valence electrons. The summed E-state index contributed by atoms with van der Waals surface area (Å²) in [5.74, 6) is 4.03. The average molecular weight is 315 g/mol. The molecule has 0 amide bonds. The highest BCUT2D eigenvalue weighted by Crippen LogP contribution is 2.38. The van der Waals surface area contributed by atoms with Crippen molar-refractivity contribution in [3.05, 3.63) is 27.0 Å². The molecule has 1 aliphatic rings. The molecule has 4 N–H and O–H groups in total. The van der Waals surface area contributed by atoms with Gasteiger partial charge >= 0.3 is 5.69 Å². The summed E-state index contributed by atoms with van der Waals surface area (Å²) in [7, 11) is 0. The number of halogens is 1. The van der Waals surface area contributed by atoms with Crippen molar-refractivity contribution < 1.29 is 24.4 Å². The van der Waals surface area contributed by atoms with E-state index < -0.39 is 48.1 Å². The molecule has 1 aromatic rings. The van der Waals surface area contributed by atoms with Gasteiger partial charge in [0, 0.05) is 0 Å². The van der Waals surface area contributed by atoms with Gasteiger partial charge < -0.3 is 20.1 Å². The Hall–Kier alpha value is -2.06. The second-order valence-corrected chi connectivity index (χ2v) is 4.78. The molecule has 0 saturated carbocycles. The summed E-state index contributed by atoms with van der Waals surface area (Å²) in [6.07, 6.45) is -5.10. The van der Waals surface area contributed by atoms with E-state index in [1.165, 1.54) is 6.92 Å². The predicted molar refractivity (Wildman–Crippen MR) is 69.4 cm³/mol. The predicted octanol–water partition coefficient (Wildman–Crippen LogP) is -2.73. The number of ether oxygens (including phenoxy) is 1. The van der Waals surface area contributed by atoms with Crippen LogP contribution in [-0.4, -0.2) is 60.7 Å². The number of aliphatic hydroxyl groups excluding tert-OH is 2. The molecule has 5 atom stereocenters. The first-order chi connectivity index (χ1) is 10.3. The Bertz CT molecular complexity index is 720. The van der Waals surface area contributed by atoms with E-state index in [4.69, 9.17) is 4.74 Å². The molecule has 0 bridgehead atoms. The van der Waals surface area contributed by atoms with Crippen molar-refractivity contribution in [2.24, 2.45) is 0 Å². The Morgan fingerprint density at radius 2 is 2.32 bits per heavy atom. The molecule has 0 aliphatic carbocycles. The topological polar surface area (TPSA) is 138 Å². The molecule has 1 aliphatic heterocycles. The van der Waals surface area contributed by atoms with Crippen molar-refractivity contribution in [1.82, 2.24) is 14.8 Å². The Morgan fingerprint density at radius 3 is 2.86 bits per heavy atom. The fourth-order valence-corrected chi connectivity index (χ4v) is 2.18. The Labute approximate surface area is 123 Å². The monoisotopic (exact) mass is 315 g/mol. The van der Waals surface area contributed by atoms with Gasteiger partial charge in [-0.3, -0.25) is 9.78 Å². The molecule has 9 nitrogen and oxygen atoms in total. The molecule has 0 spiro atoms. The number of hydrogen-bond acceptors (Lipinski definition) is 7. The highest BCUT2D eigenvalue weighted by atomic mass is 19.1. The summed E-state index contributed by atoms with van der Waals surface area (Å²) in [6, 6.07) is 0. The molecule has 10 heteroatoms. The van der Waals surface area contributed by atoms with E-state index in [2.05, 4.69) is 11.0 Å². The van der Waals surface area contributed by atoms with Gasteiger partial charge in [-0.15, -0.1) is 0 Å². The first-order valence-electron chi connectivity index (χ1n) is 6.29. The molecule has 22 heavy (non-hydrogen) atoms. The van der Waals surface area contributed by atoms with Gasteiger partial charge in [-0.25, -0.2) is 9.18 Å². The second kappa shape index (κ2) is 5.98. The van der Waals surface area contributed by atoms with Crippen LogP contribution in [-0.2, 0) is 4.74 Å². The lowest BCUT2D eigenvalue weighted by Crippen LogP contribution is -2.49. The number of aromatic nitrogens is 3. The van der Waals surface area contributed by atoms with Crippen LogP contribution in [0.15, 0.2) is 15.8 Å². The van der Waals surface area contributed by atoms with Crippen molar-refractivity contribution in [3.63, 3.8) is 0 Å². The normalized spacial score (nSPS) is 32.3. The molecule has 1 saturated heterocycles. The third kappa shape index (κ3) is 2.67. The lowest BCUT2D eigenvalue weighted by Gasteiger charge is -2.25. The number of aliphatic hydroxyl groups is 3. The second-order valence-electron chi connectivity index (χ2n) is 4.78. The summed E-state index contributed by atoms with van der Waals surface area (Å²) < 4.78 is 18.1. The Morgan fingerprint density at radius 1 is 1.64 bits per heavy atom. The van der Waals surface area contributed by atoms with E-state index in [0.717, 1.165) is 6.20 Å². The zero-order valence-corrected chi connectivity index (χ0v) is 11.4. The van der Waals surface area contributed by atoms with Crippen LogP contribution in [0.1, 0.15) is 13.2 Å². The molecule has 1 unspecified atom stereocenters. The highest BCUT2D eigenvalue weighted by Gasteiger charge is 2.57. The SMILES string of the molecule is C[C@@H](O)[C@H]1O[C@@H](n2ncc(=O)[nH]c2=O)[C@@](O)(C#CCF)C1O. The lowest BCUT2D eigenvalue weighted by molar-refractivity contribution is -0.0947. The number of alkyl halides is 1. The summed E-state index contributed by atoms with van der Waals surface area (Å²) in [5, 5.41) is 33.7. The molecule has 2 rings (SSSR count). The third-order valence-corrected chi connectivity index (χ3v) is 3.22. The maximum Gasteiger partial charge on any atom is 0.347 e. The molecular weight excluding hydrogens is 301 g/mol. The molecule has 1 aromatic heterocycles. The van der Waals surface area contributed by atoms with Crippen LogP contribution in [0.3, 0.4) is 0 Å². The van der Waals surface area contributed by atoms with E-state index in [1.807, 2.05) is 10.9 Å². The van der Waals surface area contributed by atoms with E-state index in [1.54, 1.807) is 0 Å². The number of nitrogens with one attached hydrogen (secondary N) is 1. The van der Waals surface area contributed by atoms with Crippen LogP contribution in [0.4, 0.5) is 4.39 Å². The minimum atomic E-state index is -2.39. The molecular formula is C12H14FN3O6. The van der Waals surface area contributed by atoms with Gasteiger partial charge in [0.2, 0.25) is 5.60 Å². The van der Waals surface area contributed by atoms with Gasteiger partial charge in [0.1, 0.15) is 25.1 Å². The van der Waals surface area contributed by atoms with E-state index in [-0.39, 0.29) is 0 Å². The standard InChI is InChI=1S/C12H14FN3O6/c1-6(17)8-9(19)12(21,3-2-4-13)10(22-8)16-11(20)15-7(18)5-14-16/h5-6,8-10,17,19,21H,4H2,1H3,(H,15,18,20)/t6-,8-,9?,10-,12-/m1/s1. The largest absolute Gasteiger partial charge is 0.391 e. The maximum atomic E-state index is 12.3. The van der Waals surface area contributed by atoms with Gasteiger partial charge in [-0.2, -0.15) is 9.78 Å². The average Bonchev–Trinajstić information content (AvgIpc) is 2.70. The first-order valence-corrected chi connectivity index (χ1v) is 6.29. The quantitative estimate of drug-likeness (QED) is 0.435. The summed E-state index contributed by atoms with van der Waals surface area (Å²) in [5.41, 5.74) is -4.18. The number of rotatable bonds is 2. The van der Waals surface area contributed by atoms with Crippen LogP contribution in [0, 0.1) is 11.8 Å². The number of aromatic amines is 1. The maximum absolute atomic E-state index is 12.3. The van der Waals surface area contributed by atoms with Gasteiger partial charge in [0.05, 0.1) is 6.10 Å². The van der Waals surface area contributed by atoms with Crippen LogP contribution in [0.5, 0.6) is 0 Å². The lowest BCUT2D eigenvalue weighted by atomic mass is 9.93. The van der Waals surface area contributed by atoms with Crippen LogP contribution >= 0.6 is 0 Å². The van der Waals surface area contributed by atoms with Crippen LogP contribution in [0.2, 0.25) is 0 Å². The number of nitrogens with zero attached hydrogens (tertiary/aromatic N) is 2. The fraction of sp³-hybridized carbons (Fsp3) is 0.583. The minimum Gasteiger partial charge on any atom is -0.391 e. The van der Waals surface area contributed by atoms with Crippen LogP contribution in [0.25, 0.3) is 0 Å². The van der Waals surface area contributed by atoms with Crippen molar-refractivity contribution in [2.75, 3.05) is 6.67 Å². The van der Waals surface area contributed by atoms with Crippen molar-refractivity contribution in [1.29, 1.82) is 0 Å². The molecule has 0 radical (unpaired) electrons. The first kappa shape index (κ1) is 16.3. The Kier molecular flexibility index (Phi) is 4.43. The summed E-state index contributed by atoms with van der Waals surface area (Å²) in [6.45, 7) is 0.192. The van der Waals surface area contributed by atoms with Gasteiger partial charge in [-0.05, 0) is 6.92 Å². The fourth-order valence-electron chi connectivity index (χ4n) is 2.18. The zero-order chi connectivity index (χ0) is 16.5. The summed E-state index contributed by atoms with van der Waals surface area (Å²) >= 11 is 0. The smallest absolute Gasteiger partial charge is 0.347 e. The zero-order valence-electron chi connectivity index (χ0n) is 11.4. The number of H-pyrrole nitrogens is 1. The van der Waals surface area contributed by atoms with Gasteiger partial charge in [0.25, 0.3) is 5.56 Å². The van der Waals surface area contributed by atoms with Gasteiger partial charge in [-0.1, -0.05) is 11.8 Å². The van der Waals surface area contributed by atoms with Crippen molar-refractivity contribution in [3.8, 4) is 11.8 Å². The van der Waals surface area contributed by atoms with E-state index in [9.17, 15) is 29.3 Å². The summed E-state index contributed by atoms with van der Waals surface area (Å²) in [4.78, 5) is 24.7. The Balaban J connectivity index is 2.55. The van der Waals surface area contributed by atoms with Gasteiger partial charge in [0.15, 0.2) is 6.23 Å². The van der Waals surface area contributed by atoms with Crippen LogP contribution < -0.4 is 11.2 Å². The highest BCUT2D eigenvalue weighted by molar-refractivity contribution is 5.23. The van der Waals surface area contributed by atoms with E-state index in [0.29, 0.717) is 4.68 Å². The molecule has 2 heterocycles. The van der Waals surface area contributed by atoms with Crippen molar-refractivity contribution >= 4 is 0 Å².